The number of nitrogens with zero attached hydrogens (tertiary/aromatic N) is 4. The average molecular weight is 365 g/mol. The van der Waals surface area contributed by atoms with Crippen molar-refractivity contribution in [2.75, 3.05) is 38.1 Å². The van der Waals surface area contributed by atoms with Gasteiger partial charge in [-0.1, -0.05) is 51.1 Å². The molecule has 27 heavy (non-hydrogen) atoms. The van der Waals surface area contributed by atoms with Crippen LogP contribution in [0.1, 0.15) is 32.2 Å². The van der Waals surface area contributed by atoms with Crippen LogP contribution in [-0.2, 0) is 5.41 Å². The van der Waals surface area contributed by atoms with E-state index in [1.54, 1.807) is 4.90 Å². The monoisotopic (exact) mass is 364 g/mol. The van der Waals surface area contributed by atoms with Gasteiger partial charge in [-0.15, -0.1) is 0 Å². The maximum absolute atomic E-state index is 5.08. The molecule has 4 rings (SSSR count). The Morgan fingerprint density at radius 2 is 1.70 bits per heavy atom. The molecule has 5 nitrogen and oxygen atoms in total. The number of nitrogens with one attached hydrogen (secondary N) is 1. The number of fused-ring (bicyclic) bond motifs is 1. The SMILES string of the molecule is Cc1nn2c(N3CC[NH+](C)CC3)cc(C(C)(C)C)nc2c1-c1ccccc1. The summed E-state index contributed by atoms with van der Waals surface area (Å²) in [5.41, 5.74) is 5.42. The van der Waals surface area contributed by atoms with Gasteiger partial charge in [0.15, 0.2) is 5.65 Å². The Balaban J connectivity index is 1.95. The van der Waals surface area contributed by atoms with Crippen LogP contribution in [0.2, 0.25) is 0 Å². The summed E-state index contributed by atoms with van der Waals surface area (Å²) in [7, 11) is 2.27. The molecule has 1 aliphatic rings. The second-order valence-electron chi connectivity index (χ2n) is 8.76. The van der Waals surface area contributed by atoms with Gasteiger partial charge in [0.1, 0.15) is 5.82 Å². The molecule has 1 aliphatic heterocycles. The van der Waals surface area contributed by atoms with Crippen molar-refractivity contribution in [1.29, 1.82) is 0 Å². The highest BCUT2D eigenvalue weighted by atomic mass is 15.4. The summed E-state index contributed by atoms with van der Waals surface area (Å²) in [5.74, 6) is 1.17. The number of quaternary nitrogens is 1. The zero-order valence-corrected chi connectivity index (χ0v) is 17.1. The van der Waals surface area contributed by atoms with Gasteiger partial charge in [0.25, 0.3) is 0 Å². The van der Waals surface area contributed by atoms with Gasteiger partial charge in [0, 0.05) is 17.0 Å². The number of anilines is 1. The van der Waals surface area contributed by atoms with Crippen molar-refractivity contribution in [3.63, 3.8) is 0 Å². The first-order chi connectivity index (χ1) is 12.8. The minimum absolute atomic E-state index is 0.0134. The van der Waals surface area contributed by atoms with Crippen molar-refractivity contribution in [2.24, 2.45) is 0 Å². The van der Waals surface area contributed by atoms with Crippen LogP contribution in [0, 0.1) is 6.92 Å². The Bertz CT molecular complexity index is 944. The molecule has 3 heterocycles. The minimum atomic E-state index is -0.0134. The Labute approximate surface area is 161 Å². The molecule has 0 spiro atoms. The summed E-state index contributed by atoms with van der Waals surface area (Å²) >= 11 is 0. The zero-order chi connectivity index (χ0) is 19.2. The normalized spacial score (nSPS) is 16.3. The summed E-state index contributed by atoms with van der Waals surface area (Å²) in [6.07, 6.45) is 0. The van der Waals surface area contributed by atoms with Gasteiger partial charge in [-0.3, -0.25) is 0 Å². The third kappa shape index (κ3) is 3.32. The number of hydrogen-bond acceptors (Lipinski definition) is 3. The molecule has 0 bridgehead atoms. The molecule has 0 unspecified atom stereocenters. The van der Waals surface area contributed by atoms with E-state index in [0.717, 1.165) is 48.8 Å². The number of rotatable bonds is 2. The topological polar surface area (TPSA) is 37.9 Å². The van der Waals surface area contributed by atoms with E-state index in [1.165, 1.54) is 11.4 Å². The van der Waals surface area contributed by atoms with Crippen LogP contribution in [0.3, 0.4) is 0 Å². The Morgan fingerprint density at radius 1 is 1.04 bits per heavy atom. The molecule has 3 aromatic rings. The predicted octanol–water partition coefficient (Wildman–Crippen LogP) is 2.34. The summed E-state index contributed by atoms with van der Waals surface area (Å²) in [5, 5.41) is 4.91. The zero-order valence-electron chi connectivity index (χ0n) is 17.1. The first-order valence-corrected chi connectivity index (χ1v) is 9.87. The largest absolute Gasteiger partial charge is 0.345 e. The number of aryl methyl sites for hydroxylation is 1. The lowest BCUT2D eigenvalue weighted by Gasteiger charge is -2.32. The highest BCUT2D eigenvalue weighted by Gasteiger charge is 2.26. The van der Waals surface area contributed by atoms with E-state index in [4.69, 9.17) is 10.1 Å². The number of benzene rings is 1. The third-order valence-electron chi connectivity index (χ3n) is 5.52. The quantitative estimate of drug-likeness (QED) is 0.758. The Morgan fingerprint density at radius 3 is 2.33 bits per heavy atom. The van der Waals surface area contributed by atoms with Gasteiger partial charge in [0.2, 0.25) is 0 Å². The number of hydrogen-bond donors (Lipinski definition) is 1. The van der Waals surface area contributed by atoms with Gasteiger partial charge in [-0.2, -0.15) is 9.61 Å². The first-order valence-electron chi connectivity index (χ1n) is 9.87. The van der Waals surface area contributed by atoms with Crippen LogP contribution < -0.4 is 9.80 Å². The summed E-state index contributed by atoms with van der Waals surface area (Å²) in [6.45, 7) is 13.2. The van der Waals surface area contributed by atoms with E-state index in [-0.39, 0.29) is 5.41 Å². The summed E-state index contributed by atoms with van der Waals surface area (Å²) in [6, 6.07) is 12.8. The van der Waals surface area contributed by atoms with Crippen molar-refractivity contribution in [3.05, 3.63) is 47.8 Å². The van der Waals surface area contributed by atoms with Crippen LogP contribution >= 0.6 is 0 Å². The molecule has 0 atom stereocenters. The van der Waals surface area contributed by atoms with E-state index in [0.29, 0.717) is 0 Å². The van der Waals surface area contributed by atoms with Crippen LogP contribution in [0.15, 0.2) is 36.4 Å². The molecule has 1 saturated heterocycles. The van der Waals surface area contributed by atoms with Crippen LogP contribution in [-0.4, -0.2) is 47.8 Å². The maximum Gasteiger partial charge on any atom is 0.165 e. The predicted molar refractivity (Wildman–Crippen MR) is 111 cm³/mol. The van der Waals surface area contributed by atoms with Crippen LogP contribution in [0.4, 0.5) is 5.82 Å². The van der Waals surface area contributed by atoms with Gasteiger partial charge >= 0.3 is 0 Å². The Kier molecular flexibility index (Phi) is 4.42. The summed E-state index contributed by atoms with van der Waals surface area (Å²) in [4.78, 5) is 9.14. The Hall–Kier alpha value is -2.40. The van der Waals surface area contributed by atoms with Crippen molar-refractivity contribution >= 4 is 11.5 Å². The molecular weight excluding hydrogens is 334 g/mol. The number of aromatic nitrogens is 3. The molecule has 5 heteroatoms. The third-order valence-corrected chi connectivity index (χ3v) is 5.52. The molecule has 0 aliphatic carbocycles. The van der Waals surface area contributed by atoms with Crippen molar-refractivity contribution < 1.29 is 4.90 Å². The lowest BCUT2D eigenvalue weighted by Crippen LogP contribution is -3.12. The first kappa shape index (κ1) is 18.0. The van der Waals surface area contributed by atoms with E-state index in [2.05, 4.69) is 80.6 Å². The summed E-state index contributed by atoms with van der Waals surface area (Å²) < 4.78 is 2.06. The molecule has 0 radical (unpaired) electrons. The molecule has 0 amide bonds. The molecule has 1 fully saturated rings. The molecule has 0 saturated carbocycles. The fourth-order valence-corrected chi connectivity index (χ4v) is 3.78. The van der Waals surface area contributed by atoms with Crippen LogP contribution in [0.5, 0.6) is 0 Å². The van der Waals surface area contributed by atoms with Crippen molar-refractivity contribution in [3.8, 4) is 11.1 Å². The fourth-order valence-electron chi connectivity index (χ4n) is 3.78. The number of piperazine rings is 1. The molecule has 1 aromatic carbocycles. The van der Waals surface area contributed by atoms with Crippen molar-refractivity contribution in [2.45, 2.75) is 33.1 Å². The van der Waals surface area contributed by atoms with Crippen LogP contribution in [0.25, 0.3) is 16.8 Å². The minimum Gasteiger partial charge on any atom is -0.345 e. The molecule has 2 aromatic heterocycles. The standard InChI is InChI=1S/C22H29N5/c1-16-20(17-9-7-6-8-10-17)21-23-18(22(2,3)4)15-19(27(21)24-16)26-13-11-25(5)12-14-26/h6-10,15H,11-14H2,1-5H3/p+1. The van der Waals surface area contributed by atoms with Gasteiger partial charge in [0.05, 0.1) is 44.6 Å². The smallest absolute Gasteiger partial charge is 0.165 e. The fraction of sp³-hybridized carbons (Fsp3) is 0.455. The number of likely N-dealkylation sites (N-methyl/N-ethyl adjacent to an activating group) is 1. The molecular formula is C22H30N5+. The van der Waals surface area contributed by atoms with Crippen molar-refractivity contribution in [1.82, 2.24) is 14.6 Å². The van der Waals surface area contributed by atoms with Gasteiger partial charge in [-0.25, -0.2) is 4.98 Å². The van der Waals surface area contributed by atoms with E-state index in [1.807, 2.05) is 0 Å². The average Bonchev–Trinajstić information content (AvgIpc) is 2.97. The molecule has 1 N–H and O–H groups in total. The van der Waals surface area contributed by atoms with E-state index < -0.39 is 0 Å². The van der Waals surface area contributed by atoms with Gasteiger partial charge in [-0.05, 0) is 12.5 Å². The second kappa shape index (κ2) is 6.64. The maximum atomic E-state index is 5.08. The lowest BCUT2D eigenvalue weighted by molar-refractivity contribution is -0.880. The highest BCUT2D eigenvalue weighted by Crippen LogP contribution is 2.32. The second-order valence-corrected chi connectivity index (χ2v) is 8.76. The van der Waals surface area contributed by atoms with E-state index >= 15 is 0 Å². The van der Waals surface area contributed by atoms with Gasteiger partial charge < -0.3 is 9.80 Å². The lowest BCUT2D eigenvalue weighted by atomic mass is 9.91. The molecule has 142 valence electrons. The van der Waals surface area contributed by atoms with E-state index in [9.17, 15) is 0 Å². The highest BCUT2D eigenvalue weighted by molar-refractivity contribution is 5.81.